The molecule has 1 saturated heterocycles. The molecule has 1 aromatic heterocycles. The van der Waals surface area contributed by atoms with Crippen LogP contribution >= 0.6 is 11.8 Å². The van der Waals surface area contributed by atoms with E-state index in [1.165, 1.54) is 42.2 Å². The van der Waals surface area contributed by atoms with Crippen molar-refractivity contribution < 1.29 is 18.7 Å². The van der Waals surface area contributed by atoms with Crippen LogP contribution in [-0.2, 0) is 4.79 Å². The number of amides is 1. The first-order chi connectivity index (χ1) is 11.1. The van der Waals surface area contributed by atoms with Crippen molar-refractivity contribution in [3.8, 4) is 11.6 Å². The van der Waals surface area contributed by atoms with Gasteiger partial charge in [-0.05, 0) is 36.8 Å². The van der Waals surface area contributed by atoms with Crippen LogP contribution in [0.4, 0.5) is 4.39 Å². The summed E-state index contributed by atoms with van der Waals surface area (Å²) in [7, 11) is 0. The summed E-state index contributed by atoms with van der Waals surface area (Å²) in [6, 6.07) is 8.23. The molecule has 1 fully saturated rings. The molecule has 1 N–H and O–H groups in total. The average molecular weight is 332 g/mol. The molecule has 1 aliphatic heterocycles. The molecule has 1 aliphatic rings. The van der Waals surface area contributed by atoms with Crippen molar-refractivity contribution in [1.82, 2.24) is 10.3 Å². The second kappa shape index (κ2) is 6.78. The van der Waals surface area contributed by atoms with Crippen LogP contribution in [0.15, 0.2) is 42.6 Å². The number of thioether (sulfide) groups is 1. The van der Waals surface area contributed by atoms with E-state index in [2.05, 4.69) is 10.3 Å². The summed E-state index contributed by atoms with van der Waals surface area (Å²) in [4.78, 5) is 27.6. The predicted octanol–water partition coefficient (Wildman–Crippen LogP) is 2.77. The fourth-order valence-electron chi connectivity index (χ4n) is 2.07. The Morgan fingerprint density at radius 3 is 2.65 bits per heavy atom. The summed E-state index contributed by atoms with van der Waals surface area (Å²) in [6.07, 6.45) is 2.02. The monoisotopic (exact) mass is 332 g/mol. The normalized spacial score (nSPS) is 17.1. The van der Waals surface area contributed by atoms with Gasteiger partial charge in [0.25, 0.3) is 5.91 Å². The number of hydrogen-bond acceptors (Lipinski definition) is 5. The first kappa shape index (κ1) is 15.5. The zero-order chi connectivity index (χ0) is 16.2. The van der Waals surface area contributed by atoms with E-state index in [1.54, 1.807) is 12.1 Å². The number of carbonyl (C=O) groups is 2. The summed E-state index contributed by atoms with van der Waals surface area (Å²) >= 11 is 1.23. The number of benzene rings is 1. The highest BCUT2D eigenvalue weighted by Gasteiger charge is 2.27. The van der Waals surface area contributed by atoms with Crippen molar-refractivity contribution in [3.05, 3.63) is 54.0 Å². The molecule has 1 amide bonds. The molecule has 2 aromatic rings. The number of ether oxygens (including phenoxy) is 1. The number of pyridine rings is 1. The van der Waals surface area contributed by atoms with E-state index in [1.807, 2.05) is 0 Å². The fourth-order valence-corrected chi connectivity index (χ4v) is 3.00. The summed E-state index contributed by atoms with van der Waals surface area (Å²) in [5.41, 5.74) is 0.348. The van der Waals surface area contributed by atoms with Crippen molar-refractivity contribution in [2.24, 2.45) is 0 Å². The van der Waals surface area contributed by atoms with Crippen LogP contribution in [0.1, 0.15) is 16.8 Å². The molecule has 0 bridgehead atoms. The lowest BCUT2D eigenvalue weighted by Crippen LogP contribution is -2.37. The van der Waals surface area contributed by atoms with E-state index in [-0.39, 0.29) is 16.8 Å². The van der Waals surface area contributed by atoms with Gasteiger partial charge in [-0.2, -0.15) is 0 Å². The average Bonchev–Trinajstić information content (AvgIpc) is 2.95. The van der Waals surface area contributed by atoms with Gasteiger partial charge in [-0.1, -0.05) is 11.8 Å². The lowest BCUT2D eigenvalue weighted by molar-refractivity contribution is -0.112. The number of hydrogen-bond donors (Lipinski definition) is 1. The molecule has 23 heavy (non-hydrogen) atoms. The quantitative estimate of drug-likeness (QED) is 0.932. The number of nitrogens with one attached hydrogen (secondary N) is 1. The van der Waals surface area contributed by atoms with E-state index in [4.69, 9.17) is 4.74 Å². The molecule has 118 valence electrons. The zero-order valence-corrected chi connectivity index (χ0v) is 12.8. The minimum absolute atomic E-state index is 0.0115. The van der Waals surface area contributed by atoms with Gasteiger partial charge < -0.3 is 10.1 Å². The first-order valence-corrected chi connectivity index (χ1v) is 7.97. The largest absolute Gasteiger partial charge is 0.439 e. The molecule has 7 heteroatoms. The molecule has 0 aliphatic carbocycles. The van der Waals surface area contributed by atoms with Gasteiger partial charge in [0.2, 0.25) is 11.0 Å². The van der Waals surface area contributed by atoms with Crippen LogP contribution in [0.2, 0.25) is 0 Å². The molecule has 5 nitrogen and oxygen atoms in total. The Balaban J connectivity index is 1.63. The minimum atomic E-state index is -0.428. The smallest absolute Gasteiger partial charge is 0.253 e. The molecular weight excluding hydrogens is 319 g/mol. The summed E-state index contributed by atoms with van der Waals surface area (Å²) in [6.45, 7) is 0. The van der Waals surface area contributed by atoms with Gasteiger partial charge in [0, 0.05) is 18.0 Å². The van der Waals surface area contributed by atoms with Gasteiger partial charge in [0.15, 0.2) is 0 Å². The van der Waals surface area contributed by atoms with Gasteiger partial charge in [0.1, 0.15) is 11.6 Å². The highest BCUT2D eigenvalue weighted by Crippen LogP contribution is 2.21. The molecular formula is C16H13FN2O3S. The van der Waals surface area contributed by atoms with Crippen molar-refractivity contribution in [2.45, 2.75) is 12.5 Å². The SMILES string of the molecule is O=C(N[C@@H]1CCSC1=O)c1ccc(Oc2ccc(F)cc2)nc1. The molecule has 1 aromatic carbocycles. The second-order valence-electron chi connectivity index (χ2n) is 4.92. The molecule has 3 rings (SSSR count). The number of rotatable bonds is 4. The maximum Gasteiger partial charge on any atom is 0.253 e. The van der Waals surface area contributed by atoms with Gasteiger partial charge in [-0.15, -0.1) is 0 Å². The summed E-state index contributed by atoms with van der Waals surface area (Å²) in [5, 5.41) is 2.68. The number of halogens is 1. The van der Waals surface area contributed by atoms with Crippen LogP contribution in [-0.4, -0.2) is 27.8 Å². The van der Waals surface area contributed by atoms with E-state index >= 15 is 0 Å². The fraction of sp³-hybridized carbons (Fsp3) is 0.188. The minimum Gasteiger partial charge on any atom is -0.439 e. The second-order valence-corrected chi connectivity index (χ2v) is 6.02. The van der Waals surface area contributed by atoms with Crippen molar-refractivity contribution in [3.63, 3.8) is 0 Å². The highest BCUT2D eigenvalue weighted by molar-refractivity contribution is 8.14. The maximum absolute atomic E-state index is 12.8. The topological polar surface area (TPSA) is 68.3 Å². The van der Waals surface area contributed by atoms with Crippen molar-refractivity contribution in [1.29, 1.82) is 0 Å². The van der Waals surface area contributed by atoms with Gasteiger partial charge in [-0.3, -0.25) is 9.59 Å². The molecule has 0 spiro atoms. The summed E-state index contributed by atoms with van der Waals surface area (Å²) < 4.78 is 18.3. The number of nitrogens with zero attached hydrogens (tertiary/aromatic N) is 1. The Morgan fingerprint density at radius 1 is 1.26 bits per heavy atom. The van der Waals surface area contributed by atoms with E-state index in [9.17, 15) is 14.0 Å². The van der Waals surface area contributed by atoms with E-state index in [0.29, 0.717) is 23.6 Å². The van der Waals surface area contributed by atoms with E-state index < -0.39 is 6.04 Å². The van der Waals surface area contributed by atoms with Crippen LogP contribution in [0.5, 0.6) is 11.6 Å². The zero-order valence-electron chi connectivity index (χ0n) is 12.0. The Bertz CT molecular complexity index is 719. The standard InChI is InChI=1S/C16H13FN2O3S/c17-11-2-4-12(5-3-11)22-14-6-1-10(9-18-14)15(20)19-13-7-8-23-16(13)21/h1-6,9,13H,7-8H2,(H,19,20)/t13-/m1/s1. The number of carbonyl (C=O) groups excluding carboxylic acids is 2. The molecule has 0 unspecified atom stereocenters. The molecule has 2 heterocycles. The summed E-state index contributed by atoms with van der Waals surface area (Å²) in [5.74, 6) is 0.779. The molecule has 0 radical (unpaired) electrons. The van der Waals surface area contributed by atoms with Crippen LogP contribution < -0.4 is 10.1 Å². The van der Waals surface area contributed by atoms with Gasteiger partial charge >= 0.3 is 0 Å². The Morgan fingerprint density at radius 2 is 2.04 bits per heavy atom. The Labute approximate surface area is 136 Å². The molecule has 0 saturated carbocycles. The Hall–Kier alpha value is -2.41. The van der Waals surface area contributed by atoms with Gasteiger partial charge in [0.05, 0.1) is 11.6 Å². The van der Waals surface area contributed by atoms with Gasteiger partial charge in [-0.25, -0.2) is 9.37 Å². The molecule has 1 atom stereocenters. The van der Waals surface area contributed by atoms with Crippen LogP contribution in [0.3, 0.4) is 0 Å². The third kappa shape index (κ3) is 3.87. The predicted molar refractivity (Wildman–Crippen MR) is 84.0 cm³/mol. The van der Waals surface area contributed by atoms with E-state index in [0.717, 1.165) is 5.75 Å². The Kier molecular flexibility index (Phi) is 4.57. The number of aromatic nitrogens is 1. The first-order valence-electron chi connectivity index (χ1n) is 6.99. The highest BCUT2D eigenvalue weighted by atomic mass is 32.2. The third-order valence-corrected chi connectivity index (χ3v) is 4.28. The van der Waals surface area contributed by atoms with Crippen LogP contribution in [0, 0.1) is 5.82 Å². The van der Waals surface area contributed by atoms with Crippen LogP contribution in [0.25, 0.3) is 0 Å². The van der Waals surface area contributed by atoms with Crippen molar-refractivity contribution in [2.75, 3.05) is 5.75 Å². The van der Waals surface area contributed by atoms with Crippen molar-refractivity contribution >= 4 is 22.8 Å². The third-order valence-electron chi connectivity index (χ3n) is 3.28. The lowest BCUT2D eigenvalue weighted by Gasteiger charge is -2.10. The maximum atomic E-state index is 12.8. The lowest BCUT2D eigenvalue weighted by atomic mass is 10.2.